The Morgan fingerprint density at radius 1 is 1.14 bits per heavy atom. The third-order valence-electron chi connectivity index (χ3n) is 5.19. The van der Waals surface area contributed by atoms with Gasteiger partial charge in [0, 0.05) is 17.5 Å². The second kappa shape index (κ2) is 8.31. The lowest BCUT2D eigenvalue weighted by atomic mass is 10.0. The largest absolute Gasteiger partial charge is 0.497 e. The van der Waals surface area contributed by atoms with E-state index in [2.05, 4.69) is 10.6 Å². The maximum atomic E-state index is 13.1. The normalized spacial score (nSPS) is 16.7. The molecule has 2 amide bonds. The molecule has 2 N–H and O–H groups in total. The van der Waals surface area contributed by atoms with Crippen molar-refractivity contribution in [3.8, 4) is 17.0 Å². The summed E-state index contributed by atoms with van der Waals surface area (Å²) in [5, 5.41) is 6.53. The van der Waals surface area contributed by atoms with Crippen molar-refractivity contribution in [2.75, 3.05) is 13.7 Å². The lowest BCUT2D eigenvalue weighted by molar-refractivity contribution is -0.122. The smallest absolute Gasteiger partial charge is 0.252 e. The highest BCUT2D eigenvalue weighted by atomic mass is 16.5. The monoisotopic (exact) mass is 389 g/mol. The van der Waals surface area contributed by atoms with Gasteiger partial charge in [0.2, 0.25) is 5.91 Å². The Morgan fingerprint density at radius 2 is 1.93 bits per heavy atom. The van der Waals surface area contributed by atoms with Gasteiger partial charge >= 0.3 is 0 Å². The van der Waals surface area contributed by atoms with E-state index in [1.807, 2.05) is 48.5 Å². The number of ether oxygens (including phenoxy) is 1. The summed E-state index contributed by atoms with van der Waals surface area (Å²) in [5.74, 6) is 0.372. The van der Waals surface area contributed by atoms with Gasteiger partial charge in [-0.3, -0.25) is 9.59 Å². The molecule has 3 aromatic rings. The molecule has 2 heterocycles. The zero-order valence-corrected chi connectivity index (χ0v) is 16.3. The van der Waals surface area contributed by atoms with Crippen molar-refractivity contribution in [3.05, 3.63) is 60.2 Å². The SMILES string of the molecule is COc1ccc(-c2cc(C(=O)NC3CCCCNC3=O)c3ccccc3n2)cc1. The number of hydrogen-bond acceptors (Lipinski definition) is 4. The summed E-state index contributed by atoms with van der Waals surface area (Å²) >= 11 is 0. The quantitative estimate of drug-likeness (QED) is 0.717. The number of fused-ring (bicyclic) bond motifs is 1. The molecule has 1 aliphatic heterocycles. The Kier molecular flexibility index (Phi) is 5.42. The maximum absolute atomic E-state index is 13.1. The van der Waals surface area contributed by atoms with E-state index in [1.54, 1.807) is 13.2 Å². The number of para-hydroxylation sites is 1. The molecule has 1 unspecified atom stereocenters. The fourth-order valence-corrected chi connectivity index (χ4v) is 3.59. The number of amides is 2. The van der Waals surface area contributed by atoms with E-state index in [4.69, 9.17) is 9.72 Å². The van der Waals surface area contributed by atoms with Crippen LogP contribution in [-0.2, 0) is 4.79 Å². The predicted octanol–water partition coefficient (Wildman–Crippen LogP) is 3.31. The summed E-state index contributed by atoms with van der Waals surface area (Å²) < 4.78 is 5.22. The number of carbonyl (C=O) groups excluding carboxylic acids is 2. The first kappa shape index (κ1) is 18.9. The van der Waals surface area contributed by atoms with Crippen molar-refractivity contribution in [2.45, 2.75) is 25.3 Å². The lowest BCUT2D eigenvalue weighted by Crippen LogP contribution is -2.45. The highest BCUT2D eigenvalue weighted by Gasteiger charge is 2.24. The van der Waals surface area contributed by atoms with Crippen LogP contribution in [0.15, 0.2) is 54.6 Å². The molecule has 2 aromatic carbocycles. The summed E-state index contributed by atoms with van der Waals surface area (Å²) in [6.45, 7) is 0.658. The van der Waals surface area contributed by atoms with Crippen LogP contribution in [0.3, 0.4) is 0 Å². The Hall–Kier alpha value is -3.41. The molecule has 4 rings (SSSR count). The highest BCUT2D eigenvalue weighted by molar-refractivity contribution is 6.08. The fourth-order valence-electron chi connectivity index (χ4n) is 3.59. The third kappa shape index (κ3) is 4.06. The summed E-state index contributed by atoms with van der Waals surface area (Å²) in [5.41, 5.74) is 2.83. The molecule has 148 valence electrons. The first-order chi connectivity index (χ1) is 14.2. The van der Waals surface area contributed by atoms with Gasteiger partial charge in [0.15, 0.2) is 0 Å². The van der Waals surface area contributed by atoms with Gasteiger partial charge < -0.3 is 15.4 Å². The maximum Gasteiger partial charge on any atom is 0.252 e. The van der Waals surface area contributed by atoms with Gasteiger partial charge in [0.1, 0.15) is 11.8 Å². The van der Waals surface area contributed by atoms with Crippen molar-refractivity contribution in [1.82, 2.24) is 15.6 Å². The van der Waals surface area contributed by atoms with Gasteiger partial charge in [0.25, 0.3) is 5.91 Å². The minimum Gasteiger partial charge on any atom is -0.497 e. The molecule has 29 heavy (non-hydrogen) atoms. The molecule has 1 aromatic heterocycles. The fraction of sp³-hybridized carbons (Fsp3) is 0.261. The number of rotatable bonds is 4. The average molecular weight is 389 g/mol. The van der Waals surface area contributed by atoms with E-state index in [9.17, 15) is 9.59 Å². The van der Waals surface area contributed by atoms with Crippen LogP contribution in [0, 0.1) is 0 Å². The van der Waals surface area contributed by atoms with Crippen molar-refractivity contribution >= 4 is 22.7 Å². The molecular formula is C23H23N3O3. The van der Waals surface area contributed by atoms with E-state index in [1.165, 1.54) is 0 Å². The van der Waals surface area contributed by atoms with E-state index in [0.717, 1.165) is 35.1 Å². The highest BCUT2D eigenvalue weighted by Crippen LogP contribution is 2.26. The second-order valence-electron chi connectivity index (χ2n) is 7.11. The van der Waals surface area contributed by atoms with E-state index in [-0.39, 0.29) is 11.8 Å². The molecule has 1 fully saturated rings. The van der Waals surface area contributed by atoms with Crippen LogP contribution < -0.4 is 15.4 Å². The number of carbonyl (C=O) groups is 2. The second-order valence-corrected chi connectivity index (χ2v) is 7.11. The van der Waals surface area contributed by atoms with E-state index in [0.29, 0.717) is 24.2 Å². The number of benzene rings is 2. The van der Waals surface area contributed by atoms with Crippen LogP contribution in [0.25, 0.3) is 22.2 Å². The van der Waals surface area contributed by atoms with Gasteiger partial charge in [0.05, 0.1) is 23.9 Å². The summed E-state index contributed by atoms with van der Waals surface area (Å²) in [4.78, 5) is 30.1. The Bertz CT molecular complexity index is 1050. The van der Waals surface area contributed by atoms with E-state index < -0.39 is 6.04 Å². The number of nitrogens with zero attached hydrogens (tertiary/aromatic N) is 1. The Labute approximate surface area is 169 Å². The molecule has 1 atom stereocenters. The molecular weight excluding hydrogens is 366 g/mol. The van der Waals surface area contributed by atoms with Crippen molar-refractivity contribution < 1.29 is 14.3 Å². The summed E-state index contributed by atoms with van der Waals surface area (Å²) in [6, 6.07) is 16.4. The molecule has 0 bridgehead atoms. The number of pyridine rings is 1. The summed E-state index contributed by atoms with van der Waals surface area (Å²) in [7, 11) is 1.62. The van der Waals surface area contributed by atoms with Gasteiger partial charge in [-0.2, -0.15) is 0 Å². The molecule has 6 heteroatoms. The summed E-state index contributed by atoms with van der Waals surface area (Å²) in [6.07, 6.45) is 2.47. The first-order valence-corrected chi connectivity index (χ1v) is 9.78. The first-order valence-electron chi connectivity index (χ1n) is 9.78. The minimum absolute atomic E-state index is 0.121. The predicted molar refractivity (Wildman–Crippen MR) is 112 cm³/mol. The molecule has 0 aliphatic carbocycles. The van der Waals surface area contributed by atoms with Crippen LogP contribution in [0.2, 0.25) is 0 Å². The van der Waals surface area contributed by atoms with Crippen LogP contribution in [0.4, 0.5) is 0 Å². The molecule has 6 nitrogen and oxygen atoms in total. The zero-order valence-electron chi connectivity index (χ0n) is 16.3. The van der Waals surface area contributed by atoms with E-state index >= 15 is 0 Å². The molecule has 0 radical (unpaired) electrons. The Balaban J connectivity index is 1.71. The van der Waals surface area contributed by atoms with Crippen LogP contribution >= 0.6 is 0 Å². The average Bonchev–Trinajstić information content (AvgIpc) is 2.97. The van der Waals surface area contributed by atoms with Gasteiger partial charge in [-0.1, -0.05) is 18.2 Å². The molecule has 0 spiro atoms. The molecule has 1 saturated heterocycles. The number of nitrogens with one attached hydrogen (secondary N) is 2. The number of methoxy groups -OCH3 is 1. The van der Waals surface area contributed by atoms with Gasteiger partial charge in [-0.25, -0.2) is 4.98 Å². The molecule has 1 aliphatic rings. The van der Waals surface area contributed by atoms with Crippen LogP contribution in [0.1, 0.15) is 29.6 Å². The number of aromatic nitrogens is 1. The minimum atomic E-state index is -0.513. The topological polar surface area (TPSA) is 80.3 Å². The van der Waals surface area contributed by atoms with Crippen LogP contribution in [0.5, 0.6) is 5.75 Å². The zero-order chi connectivity index (χ0) is 20.2. The van der Waals surface area contributed by atoms with Crippen molar-refractivity contribution in [2.24, 2.45) is 0 Å². The van der Waals surface area contributed by atoms with Gasteiger partial charge in [-0.15, -0.1) is 0 Å². The van der Waals surface area contributed by atoms with Crippen molar-refractivity contribution in [1.29, 1.82) is 0 Å². The van der Waals surface area contributed by atoms with Crippen molar-refractivity contribution in [3.63, 3.8) is 0 Å². The van der Waals surface area contributed by atoms with Crippen LogP contribution in [-0.4, -0.2) is 36.5 Å². The number of hydrogen-bond donors (Lipinski definition) is 2. The standard InChI is InChI=1S/C23H23N3O3/c1-29-16-11-9-15(10-12-16)21-14-18(17-6-2-3-7-19(17)25-21)22(27)26-20-8-4-5-13-24-23(20)28/h2-3,6-7,9-12,14,20H,4-5,8,13H2,1H3,(H,24,28)(H,26,27). The Morgan fingerprint density at radius 3 is 2.72 bits per heavy atom. The lowest BCUT2D eigenvalue weighted by Gasteiger charge is -2.16. The van der Waals surface area contributed by atoms with Gasteiger partial charge in [-0.05, 0) is 55.7 Å². The third-order valence-corrected chi connectivity index (χ3v) is 5.19. The molecule has 0 saturated carbocycles.